The molecule has 0 fully saturated rings. The number of carbonyl (C=O) groups excluding carboxylic acids is 2. The molecule has 1 atom stereocenters. The minimum Gasteiger partial charge on any atom is -0.467 e. The molecule has 6 heteroatoms. The lowest BCUT2D eigenvalue weighted by Gasteiger charge is -2.17. The first-order valence-electron chi connectivity index (χ1n) is 7.39. The molecule has 0 saturated carbocycles. The Hall–Kier alpha value is -2.34. The fourth-order valence-electron chi connectivity index (χ4n) is 2.31. The molecule has 2 aromatic rings. The molecule has 0 radical (unpaired) electrons. The Bertz CT molecular complexity index is 683. The Morgan fingerprint density at radius 3 is 2.74 bits per heavy atom. The Morgan fingerprint density at radius 1 is 1.35 bits per heavy atom. The molecule has 0 bridgehead atoms. The Balaban J connectivity index is 2.30. The van der Waals surface area contributed by atoms with Crippen LogP contribution in [-0.2, 0) is 9.53 Å². The molecular formula is C17H20N2O3S. The van der Waals surface area contributed by atoms with Gasteiger partial charge in [0.05, 0.1) is 7.11 Å². The summed E-state index contributed by atoms with van der Waals surface area (Å²) in [5.41, 5.74) is 7.69. The standard InChI is InChI=1S/C17H20N2O3S/c1-3-5-14(17(21)22-2)19-16(20)12-8-7-11(18)10-13(12)15-6-4-9-23-15/h4,6-10,14H,3,5,18H2,1-2H3,(H,19,20)/t14-/m1/s1. The quantitative estimate of drug-likeness (QED) is 0.629. The molecule has 0 aliphatic heterocycles. The maximum Gasteiger partial charge on any atom is 0.328 e. The number of rotatable bonds is 6. The smallest absolute Gasteiger partial charge is 0.328 e. The number of nitrogens with two attached hydrogens (primary N) is 1. The van der Waals surface area contributed by atoms with Crippen LogP contribution in [0.4, 0.5) is 5.69 Å². The van der Waals surface area contributed by atoms with Gasteiger partial charge >= 0.3 is 5.97 Å². The van der Waals surface area contributed by atoms with Crippen molar-refractivity contribution in [1.82, 2.24) is 5.32 Å². The topological polar surface area (TPSA) is 81.4 Å². The molecular weight excluding hydrogens is 312 g/mol. The summed E-state index contributed by atoms with van der Waals surface area (Å²) < 4.78 is 4.75. The van der Waals surface area contributed by atoms with Crippen molar-refractivity contribution in [3.63, 3.8) is 0 Å². The SMILES string of the molecule is CCC[C@@H](NC(=O)c1ccc(N)cc1-c1cccs1)C(=O)OC. The zero-order chi connectivity index (χ0) is 16.8. The van der Waals surface area contributed by atoms with Gasteiger partial charge in [-0.1, -0.05) is 19.4 Å². The lowest BCUT2D eigenvalue weighted by atomic mass is 10.0. The van der Waals surface area contributed by atoms with Gasteiger partial charge in [0.25, 0.3) is 5.91 Å². The summed E-state index contributed by atoms with van der Waals surface area (Å²) in [4.78, 5) is 25.4. The van der Waals surface area contributed by atoms with E-state index < -0.39 is 12.0 Å². The van der Waals surface area contributed by atoms with Crippen molar-refractivity contribution < 1.29 is 14.3 Å². The van der Waals surface area contributed by atoms with Gasteiger partial charge in [-0.2, -0.15) is 0 Å². The fraction of sp³-hybridized carbons (Fsp3) is 0.294. The molecule has 1 amide bonds. The van der Waals surface area contributed by atoms with Gasteiger partial charge in [-0.05, 0) is 36.1 Å². The summed E-state index contributed by atoms with van der Waals surface area (Å²) in [6.07, 6.45) is 1.29. The highest BCUT2D eigenvalue weighted by Crippen LogP contribution is 2.30. The fourth-order valence-corrected chi connectivity index (χ4v) is 3.07. The monoisotopic (exact) mass is 332 g/mol. The van der Waals surface area contributed by atoms with E-state index in [9.17, 15) is 9.59 Å². The van der Waals surface area contributed by atoms with Crippen LogP contribution in [0.3, 0.4) is 0 Å². The predicted molar refractivity (Wildman–Crippen MR) is 92.3 cm³/mol. The van der Waals surface area contributed by atoms with Crippen molar-refractivity contribution in [2.45, 2.75) is 25.8 Å². The molecule has 1 heterocycles. The zero-order valence-electron chi connectivity index (χ0n) is 13.2. The normalized spacial score (nSPS) is 11.7. The van der Waals surface area contributed by atoms with Gasteiger partial charge < -0.3 is 15.8 Å². The molecule has 0 aliphatic carbocycles. The summed E-state index contributed by atoms with van der Waals surface area (Å²) in [6.45, 7) is 1.95. The average Bonchev–Trinajstić information content (AvgIpc) is 3.07. The third-order valence-electron chi connectivity index (χ3n) is 3.44. The van der Waals surface area contributed by atoms with Gasteiger partial charge in [-0.3, -0.25) is 4.79 Å². The highest BCUT2D eigenvalue weighted by Gasteiger charge is 2.23. The lowest BCUT2D eigenvalue weighted by molar-refractivity contribution is -0.143. The van der Waals surface area contributed by atoms with Crippen LogP contribution in [-0.4, -0.2) is 25.0 Å². The first kappa shape index (κ1) is 17.0. The van der Waals surface area contributed by atoms with E-state index in [0.717, 1.165) is 16.9 Å². The van der Waals surface area contributed by atoms with E-state index in [1.807, 2.05) is 24.4 Å². The van der Waals surface area contributed by atoms with E-state index in [1.165, 1.54) is 18.4 Å². The second-order valence-electron chi connectivity index (χ2n) is 5.12. The molecule has 1 aromatic heterocycles. The number of nitrogen functional groups attached to an aromatic ring is 1. The van der Waals surface area contributed by atoms with Crippen LogP contribution in [0.15, 0.2) is 35.7 Å². The number of anilines is 1. The third kappa shape index (κ3) is 4.10. The minimum absolute atomic E-state index is 0.308. The van der Waals surface area contributed by atoms with E-state index in [-0.39, 0.29) is 5.91 Å². The molecule has 2 rings (SSSR count). The van der Waals surface area contributed by atoms with Crippen LogP contribution < -0.4 is 11.1 Å². The number of nitrogens with one attached hydrogen (secondary N) is 1. The van der Waals surface area contributed by atoms with Crippen molar-refractivity contribution in [2.75, 3.05) is 12.8 Å². The maximum absolute atomic E-state index is 12.6. The first-order valence-corrected chi connectivity index (χ1v) is 8.26. The molecule has 23 heavy (non-hydrogen) atoms. The van der Waals surface area contributed by atoms with E-state index in [0.29, 0.717) is 17.7 Å². The number of amides is 1. The van der Waals surface area contributed by atoms with Gasteiger partial charge in [0.1, 0.15) is 6.04 Å². The number of benzene rings is 1. The summed E-state index contributed by atoms with van der Waals surface area (Å²) in [6, 6.07) is 8.33. The second kappa shape index (κ2) is 7.78. The average molecular weight is 332 g/mol. The number of carbonyl (C=O) groups is 2. The number of methoxy groups -OCH3 is 1. The molecule has 1 aromatic carbocycles. The molecule has 0 unspecified atom stereocenters. The summed E-state index contributed by atoms with van der Waals surface area (Å²) in [5, 5.41) is 4.70. The largest absolute Gasteiger partial charge is 0.467 e. The van der Waals surface area contributed by atoms with E-state index in [1.54, 1.807) is 18.2 Å². The van der Waals surface area contributed by atoms with Crippen molar-refractivity contribution in [1.29, 1.82) is 0 Å². The van der Waals surface area contributed by atoms with Crippen LogP contribution >= 0.6 is 11.3 Å². The maximum atomic E-state index is 12.6. The van der Waals surface area contributed by atoms with E-state index in [4.69, 9.17) is 10.5 Å². The summed E-state index contributed by atoms with van der Waals surface area (Å²) >= 11 is 1.53. The Kier molecular flexibility index (Phi) is 5.76. The number of ether oxygens (including phenoxy) is 1. The van der Waals surface area contributed by atoms with Crippen molar-refractivity contribution in [2.24, 2.45) is 0 Å². The Labute approximate surface area is 139 Å². The lowest BCUT2D eigenvalue weighted by Crippen LogP contribution is -2.41. The predicted octanol–water partition coefficient (Wildman–Crippen LogP) is 3.07. The number of esters is 1. The first-order chi connectivity index (χ1) is 11.1. The van der Waals surface area contributed by atoms with Crippen molar-refractivity contribution in [3.05, 3.63) is 41.3 Å². The number of thiophene rings is 1. The number of hydrogen-bond acceptors (Lipinski definition) is 5. The molecule has 0 aliphatic rings. The molecule has 3 N–H and O–H groups in total. The van der Waals surface area contributed by atoms with Crippen molar-refractivity contribution in [3.8, 4) is 10.4 Å². The summed E-state index contributed by atoms with van der Waals surface area (Å²) in [7, 11) is 1.32. The minimum atomic E-state index is -0.647. The van der Waals surface area contributed by atoms with Crippen LogP contribution in [0.1, 0.15) is 30.1 Å². The van der Waals surface area contributed by atoms with Crippen LogP contribution in [0.2, 0.25) is 0 Å². The third-order valence-corrected chi connectivity index (χ3v) is 4.35. The van der Waals surface area contributed by atoms with Crippen LogP contribution in [0.5, 0.6) is 0 Å². The van der Waals surface area contributed by atoms with E-state index >= 15 is 0 Å². The van der Waals surface area contributed by atoms with Gasteiger partial charge in [0, 0.05) is 21.7 Å². The molecule has 0 saturated heterocycles. The van der Waals surface area contributed by atoms with Gasteiger partial charge in [0.2, 0.25) is 0 Å². The second-order valence-corrected chi connectivity index (χ2v) is 6.07. The highest BCUT2D eigenvalue weighted by atomic mass is 32.1. The molecule has 0 spiro atoms. The van der Waals surface area contributed by atoms with Gasteiger partial charge in [0.15, 0.2) is 0 Å². The van der Waals surface area contributed by atoms with Crippen LogP contribution in [0.25, 0.3) is 10.4 Å². The molecule has 122 valence electrons. The Morgan fingerprint density at radius 2 is 2.13 bits per heavy atom. The molecule has 5 nitrogen and oxygen atoms in total. The van der Waals surface area contributed by atoms with Crippen LogP contribution in [0, 0.1) is 0 Å². The zero-order valence-corrected chi connectivity index (χ0v) is 14.0. The van der Waals surface area contributed by atoms with Gasteiger partial charge in [-0.25, -0.2) is 4.79 Å². The van der Waals surface area contributed by atoms with Crippen molar-refractivity contribution >= 4 is 28.9 Å². The van der Waals surface area contributed by atoms with Gasteiger partial charge in [-0.15, -0.1) is 11.3 Å². The highest BCUT2D eigenvalue weighted by molar-refractivity contribution is 7.13. The van der Waals surface area contributed by atoms with E-state index in [2.05, 4.69) is 5.32 Å². The summed E-state index contributed by atoms with van der Waals surface area (Å²) in [5.74, 6) is -0.745. The number of hydrogen-bond donors (Lipinski definition) is 2.